The quantitative estimate of drug-likeness (QED) is 0.198. The summed E-state index contributed by atoms with van der Waals surface area (Å²) < 4.78 is 0. The van der Waals surface area contributed by atoms with Gasteiger partial charge in [-0.2, -0.15) is 0 Å². The Morgan fingerprint density at radius 1 is 1.29 bits per heavy atom. The molecule has 0 aliphatic rings. The van der Waals surface area contributed by atoms with E-state index in [0.717, 1.165) is 0 Å². The van der Waals surface area contributed by atoms with E-state index < -0.39 is 5.09 Å². The summed E-state index contributed by atoms with van der Waals surface area (Å²) >= 11 is 0. The van der Waals surface area contributed by atoms with Crippen molar-refractivity contribution in [3.63, 3.8) is 0 Å². The van der Waals surface area contributed by atoms with Crippen LogP contribution in [0.25, 0.3) is 0 Å². The minimum absolute atomic E-state index is 0. The van der Waals surface area contributed by atoms with Crippen LogP contribution in [0.3, 0.4) is 0 Å². The Hall–Kier alpha value is 0.120. The van der Waals surface area contributed by atoms with E-state index in [-0.39, 0.29) is 41.2 Å². The molecule has 0 amide bonds. The number of hydrogen-bond donors (Lipinski definition) is 1. The average Bonchev–Trinajstić information content (AvgIpc) is 0.811. The van der Waals surface area contributed by atoms with E-state index in [9.17, 15) is 0 Å². The first-order valence-corrected chi connectivity index (χ1v) is 0.548. The van der Waals surface area contributed by atoms with Gasteiger partial charge in [0.2, 0.25) is 0 Å². The summed E-state index contributed by atoms with van der Waals surface area (Å²) in [5.41, 5.74) is 0. The van der Waals surface area contributed by atoms with E-state index in [0.29, 0.717) is 0 Å². The summed E-state index contributed by atoms with van der Waals surface area (Å²) in [5.74, 6) is 0. The van der Waals surface area contributed by atoms with Crippen LogP contribution in [0.5, 0.6) is 0 Å². The Bertz CT molecular complexity index is 32.7. The monoisotopic (exact) mass is 120 g/mol. The van der Waals surface area contributed by atoms with Crippen LogP contribution in [0, 0.1) is 15.3 Å². The third-order valence-corrected chi connectivity index (χ3v) is 0. The molecule has 0 fully saturated rings. The minimum atomic E-state index is -1.75. The molecule has 0 aliphatic carbocycles. The molecule has 0 atom stereocenters. The van der Waals surface area contributed by atoms with Crippen molar-refractivity contribution in [2.24, 2.45) is 0 Å². The predicted molar refractivity (Wildman–Crippen MR) is 19.0 cm³/mol. The van der Waals surface area contributed by atoms with Crippen LogP contribution in [0.2, 0.25) is 0 Å². The second kappa shape index (κ2) is 16.5. The van der Waals surface area contributed by atoms with Gasteiger partial charge in [-0.25, -0.2) is 0 Å². The molecule has 5 N–H and O–H groups in total. The van der Waals surface area contributed by atoms with Gasteiger partial charge in [-0.05, 0) is 0 Å². The van der Waals surface area contributed by atoms with E-state index in [1.807, 2.05) is 0 Å². The molecule has 0 saturated carbocycles. The molecule has 0 aromatic rings. The summed E-state index contributed by atoms with van der Waals surface area (Å²) in [7, 11) is 0. The fraction of sp³-hybridized carbons (Fsp3) is 0. The molecular weight excluding hydrogens is 115 g/mol. The molecule has 0 saturated heterocycles. The molecule has 7 heavy (non-hydrogen) atoms. The molecule has 0 radical (unpaired) electrons. The largest absolute Gasteiger partial charge is 1.00 e. The fourth-order valence-corrected chi connectivity index (χ4v) is 0. The Morgan fingerprint density at radius 2 is 1.29 bits per heavy atom. The summed E-state index contributed by atoms with van der Waals surface area (Å²) in [6.45, 7) is 0. The number of hydrogen-bond acceptors (Lipinski definition) is 4. The Labute approximate surface area is 61.8 Å². The number of nitrogens with zero attached hydrogens (tertiary/aromatic N) is 1. The van der Waals surface area contributed by atoms with Crippen molar-refractivity contribution in [2.45, 2.75) is 0 Å². The topological polar surface area (TPSA) is 133 Å². The van der Waals surface area contributed by atoms with Gasteiger partial charge in [0.25, 0.3) is 0 Å². The summed E-state index contributed by atoms with van der Waals surface area (Å²) in [6.07, 6.45) is 0. The van der Waals surface area contributed by atoms with Gasteiger partial charge in [0, 0.05) is 0 Å². The summed E-state index contributed by atoms with van der Waals surface area (Å²) in [6, 6.07) is 0. The van der Waals surface area contributed by atoms with Crippen LogP contribution >= 0.6 is 0 Å². The Morgan fingerprint density at radius 3 is 1.29 bits per heavy atom. The summed E-state index contributed by atoms with van der Waals surface area (Å²) in [5, 5.41) is 14.8. The van der Waals surface area contributed by atoms with E-state index >= 15 is 0 Å². The normalized spacial score (nSPS) is 3.43. The molecule has 0 heterocycles. The van der Waals surface area contributed by atoms with Gasteiger partial charge < -0.3 is 26.9 Å². The molecule has 0 unspecified atom stereocenters. The molecule has 0 aliphatic heterocycles. The standard InChI is InChI=1S/NO3.H3N.Na.H2O/c2-1(3)4;;;/h;1H3;;1H2/q-1;;+1;. The van der Waals surface area contributed by atoms with Gasteiger partial charge in [0.15, 0.2) is 0 Å². The maximum atomic E-state index is 8.25. The smallest absolute Gasteiger partial charge is 0.412 e. The molecule has 0 aromatic carbocycles. The predicted octanol–water partition coefficient (Wildman–Crippen LogP) is -3.90. The molecule has 6 nitrogen and oxygen atoms in total. The van der Waals surface area contributed by atoms with E-state index in [2.05, 4.69) is 0 Å². The second-order valence-corrected chi connectivity index (χ2v) is 0.224. The van der Waals surface area contributed by atoms with E-state index in [4.69, 9.17) is 15.3 Å². The maximum Gasteiger partial charge on any atom is 1.00 e. The zero-order chi connectivity index (χ0) is 3.58. The van der Waals surface area contributed by atoms with Gasteiger partial charge in [-0.1, -0.05) is 0 Å². The van der Waals surface area contributed by atoms with Gasteiger partial charge in [-0.15, -0.1) is 0 Å². The Kier molecular flexibility index (Phi) is 64.5. The second-order valence-electron chi connectivity index (χ2n) is 0.224. The zero-order valence-electron chi connectivity index (χ0n) is 3.88. The molecule has 7 heteroatoms. The first kappa shape index (κ1) is 27.4. The van der Waals surface area contributed by atoms with Gasteiger partial charge in [-0.3, -0.25) is 0 Å². The van der Waals surface area contributed by atoms with Crippen molar-refractivity contribution in [2.75, 3.05) is 0 Å². The molecule has 0 bridgehead atoms. The minimum Gasteiger partial charge on any atom is -0.412 e. The van der Waals surface area contributed by atoms with Gasteiger partial charge >= 0.3 is 29.6 Å². The summed E-state index contributed by atoms with van der Waals surface area (Å²) in [4.78, 5) is 8.25. The van der Waals surface area contributed by atoms with Crippen LogP contribution in [-0.2, 0) is 0 Å². The molecule has 40 valence electrons. The van der Waals surface area contributed by atoms with Crippen molar-refractivity contribution < 1.29 is 40.1 Å². The Balaban J connectivity index is -0.0000000150. The zero-order valence-corrected chi connectivity index (χ0v) is 5.88. The maximum absolute atomic E-state index is 8.25. The van der Waals surface area contributed by atoms with Gasteiger partial charge in [0.05, 0.1) is 5.09 Å². The van der Waals surface area contributed by atoms with Gasteiger partial charge in [0.1, 0.15) is 0 Å². The van der Waals surface area contributed by atoms with Crippen molar-refractivity contribution in [3.8, 4) is 0 Å². The SMILES string of the molecule is N.O.O=[N+]([O-])[O-].[Na+]. The van der Waals surface area contributed by atoms with Crippen LogP contribution in [-0.4, -0.2) is 10.6 Å². The van der Waals surface area contributed by atoms with E-state index in [1.54, 1.807) is 0 Å². The molecule has 0 aromatic heterocycles. The van der Waals surface area contributed by atoms with E-state index in [1.165, 1.54) is 0 Å². The van der Waals surface area contributed by atoms with Crippen molar-refractivity contribution in [1.29, 1.82) is 0 Å². The third kappa shape index (κ3) is 7210. The average molecular weight is 120 g/mol. The third-order valence-electron chi connectivity index (χ3n) is 0. The molecule has 0 rings (SSSR count). The van der Waals surface area contributed by atoms with Crippen molar-refractivity contribution in [3.05, 3.63) is 15.3 Å². The van der Waals surface area contributed by atoms with Crippen LogP contribution in [0.1, 0.15) is 0 Å². The molecule has 0 spiro atoms. The molecular formula is H5N2NaO4. The fourth-order valence-electron chi connectivity index (χ4n) is 0. The van der Waals surface area contributed by atoms with Crippen LogP contribution in [0.4, 0.5) is 0 Å². The van der Waals surface area contributed by atoms with Crippen molar-refractivity contribution >= 4 is 0 Å². The van der Waals surface area contributed by atoms with Crippen LogP contribution < -0.4 is 35.7 Å². The van der Waals surface area contributed by atoms with Crippen molar-refractivity contribution in [1.82, 2.24) is 6.15 Å². The van der Waals surface area contributed by atoms with Crippen LogP contribution in [0.15, 0.2) is 0 Å². The first-order valence-electron chi connectivity index (χ1n) is 0.548. The first-order chi connectivity index (χ1) is 1.73. The number of rotatable bonds is 0.